The van der Waals surface area contributed by atoms with Gasteiger partial charge < -0.3 is 0 Å². The monoisotopic (exact) mass is 336 g/mol. The van der Waals surface area contributed by atoms with E-state index in [0.717, 1.165) is 24.3 Å². The van der Waals surface area contributed by atoms with Gasteiger partial charge in [-0.2, -0.15) is 10.9 Å². The van der Waals surface area contributed by atoms with Crippen LogP contribution in [0.4, 0.5) is 17.6 Å². The highest BCUT2D eigenvalue weighted by atomic mass is 32.2. The second-order valence-electron chi connectivity index (χ2n) is 4.86. The molecule has 0 N–H and O–H groups in total. The van der Waals surface area contributed by atoms with Crippen molar-refractivity contribution in [1.82, 2.24) is 0 Å². The Morgan fingerprint density at radius 3 is 1.48 bits per heavy atom. The van der Waals surface area contributed by atoms with Crippen molar-refractivity contribution in [1.29, 1.82) is 0 Å². The lowest BCUT2D eigenvalue weighted by Gasteiger charge is -2.24. The van der Waals surface area contributed by atoms with Crippen LogP contribution in [0, 0.1) is 23.3 Å². The van der Waals surface area contributed by atoms with Crippen LogP contribution in [0.5, 0.6) is 0 Å². The molecule has 0 unspecified atom stereocenters. The SMILES string of the molecule is Fc1ccc([SH](c2ccccc2)c2ccc(F)cc2F)c(F)c1. The maximum atomic E-state index is 14.3. The van der Waals surface area contributed by atoms with Gasteiger partial charge in [0, 0.05) is 21.9 Å². The van der Waals surface area contributed by atoms with Gasteiger partial charge in [-0.1, -0.05) is 18.2 Å². The van der Waals surface area contributed by atoms with Crippen LogP contribution < -0.4 is 0 Å². The molecule has 0 aromatic heterocycles. The van der Waals surface area contributed by atoms with E-state index in [9.17, 15) is 17.6 Å². The number of hydrogen-bond donors (Lipinski definition) is 1. The van der Waals surface area contributed by atoms with Gasteiger partial charge in [0.15, 0.2) is 0 Å². The number of halogens is 4. The molecule has 5 heteroatoms. The number of hydrogen-bond acceptors (Lipinski definition) is 0. The Morgan fingerprint density at radius 2 is 1.04 bits per heavy atom. The van der Waals surface area contributed by atoms with Crippen molar-refractivity contribution in [3.63, 3.8) is 0 Å². The summed E-state index contributed by atoms with van der Waals surface area (Å²) in [7, 11) is -1.60. The normalized spacial score (nSPS) is 11.4. The van der Waals surface area contributed by atoms with E-state index in [1.807, 2.05) is 0 Å². The number of benzene rings is 3. The van der Waals surface area contributed by atoms with Crippen molar-refractivity contribution >= 4 is 10.9 Å². The molecule has 0 amide bonds. The molecule has 0 saturated carbocycles. The second kappa shape index (κ2) is 6.46. The Morgan fingerprint density at radius 1 is 0.565 bits per heavy atom. The van der Waals surface area contributed by atoms with Crippen LogP contribution in [-0.4, -0.2) is 0 Å². The van der Waals surface area contributed by atoms with Gasteiger partial charge in [-0.15, -0.1) is 0 Å². The van der Waals surface area contributed by atoms with Crippen LogP contribution in [-0.2, 0) is 0 Å². The Hall–Kier alpha value is -2.27. The molecule has 0 spiro atoms. The van der Waals surface area contributed by atoms with Crippen LogP contribution in [0.25, 0.3) is 0 Å². The lowest BCUT2D eigenvalue weighted by molar-refractivity contribution is 0.560. The van der Waals surface area contributed by atoms with E-state index >= 15 is 0 Å². The first-order chi connectivity index (χ1) is 11.1. The Kier molecular flexibility index (Phi) is 4.39. The fraction of sp³-hybridized carbons (Fsp3) is 0. The third kappa shape index (κ3) is 3.24. The third-order valence-electron chi connectivity index (χ3n) is 3.32. The van der Waals surface area contributed by atoms with Crippen LogP contribution in [0.1, 0.15) is 0 Å². The largest absolute Gasteiger partial charge is 0.207 e. The molecule has 0 aliphatic rings. The van der Waals surface area contributed by atoms with Gasteiger partial charge in [-0.3, -0.25) is 0 Å². The molecule has 0 aliphatic carbocycles. The molecule has 0 bridgehead atoms. The molecule has 0 heterocycles. The zero-order valence-corrected chi connectivity index (χ0v) is 12.7. The Bertz CT molecular complexity index is 782. The van der Waals surface area contributed by atoms with Gasteiger partial charge in [0.25, 0.3) is 0 Å². The standard InChI is InChI=1S/C18H12F4S/c19-12-6-8-17(15(21)10-12)23(14-4-2-1-3-5-14)18-9-7-13(20)11-16(18)22/h1-11,23H. The summed E-state index contributed by atoms with van der Waals surface area (Å²) in [6.45, 7) is 0. The highest BCUT2D eigenvalue weighted by molar-refractivity contribution is 8.17. The van der Waals surface area contributed by atoms with Crippen LogP contribution in [0.15, 0.2) is 81.4 Å². The third-order valence-corrected chi connectivity index (χ3v) is 5.82. The minimum atomic E-state index is -1.60. The van der Waals surface area contributed by atoms with E-state index in [2.05, 4.69) is 0 Å². The first-order valence-corrected chi connectivity index (χ1v) is 8.16. The zero-order chi connectivity index (χ0) is 16.4. The highest BCUT2D eigenvalue weighted by Gasteiger charge is 2.20. The van der Waals surface area contributed by atoms with Crippen molar-refractivity contribution in [2.75, 3.05) is 0 Å². The quantitative estimate of drug-likeness (QED) is 0.459. The molecule has 0 saturated heterocycles. The summed E-state index contributed by atoms with van der Waals surface area (Å²) in [5, 5.41) is 0. The van der Waals surface area contributed by atoms with Gasteiger partial charge in [0.05, 0.1) is 0 Å². The van der Waals surface area contributed by atoms with E-state index in [1.165, 1.54) is 12.1 Å². The summed E-state index contributed by atoms with van der Waals surface area (Å²) >= 11 is 0. The fourth-order valence-electron chi connectivity index (χ4n) is 2.31. The number of thiol groups is 1. The van der Waals surface area contributed by atoms with Crippen molar-refractivity contribution < 1.29 is 17.6 Å². The van der Waals surface area contributed by atoms with Gasteiger partial charge in [0.1, 0.15) is 23.3 Å². The topological polar surface area (TPSA) is 0 Å². The Labute approximate surface area is 133 Å². The molecular weight excluding hydrogens is 324 g/mol. The first-order valence-electron chi connectivity index (χ1n) is 6.81. The lowest BCUT2D eigenvalue weighted by atomic mass is 10.3. The smallest absolute Gasteiger partial charge is 0.138 e. The second-order valence-corrected chi connectivity index (χ2v) is 7.01. The van der Waals surface area contributed by atoms with Crippen LogP contribution in [0.2, 0.25) is 0 Å². The molecule has 3 rings (SSSR count). The van der Waals surface area contributed by atoms with Crippen LogP contribution >= 0.6 is 10.9 Å². The highest BCUT2D eigenvalue weighted by Crippen LogP contribution is 2.53. The summed E-state index contributed by atoms with van der Waals surface area (Å²) < 4.78 is 54.9. The minimum Gasteiger partial charge on any atom is -0.207 e. The van der Waals surface area contributed by atoms with E-state index in [1.54, 1.807) is 30.3 Å². The lowest BCUT2D eigenvalue weighted by Crippen LogP contribution is -1.96. The van der Waals surface area contributed by atoms with Crippen molar-refractivity contribution in [2.24, 2.45) is 0 Å². The maximum absolute atomic E-state index is 14.3. The predicted molar refractivity (Wildman–Crippen MR) is 82.9 cm³/mol. The molecule has 0 fully saturated rings. The molecule has 0 atom stereocenters. The summed E-state index contributed by atoms with van der Waals surface area (Å²) in [6.07, 6.45) is 0. The van der Waals surface area contributed by atoms with E-state index in [-0.39, 0.29) is 9.79 Å². The van der Waals surface area contributed by atoms with Gasteiger partial charge in [-0.05, 0) is 41.3 Å². The molecule has 118 valence electrons. The van der Waals surface area contributed by atoms with E-state index in [0.29, 0.717) is 4.90 Å². The van der Waals surface area contributed by atoms with E-state index < -0.39 is 34.2 Å². The molecule has 3 aromatic rings. The molecule has 0 radical (unpaired) electrons. The van der Waals surface area contributed by atoms with E-state index in [4.69, 9.17) is 0 Å². The average Bonchev–Trinajstić information content (AvgIpc) is 2.52. The molecule has 23 heavy (non-hydrogen) atoms. The summed E-state index contributed by atoms with van der Waals surface area (Å²) in [6, 6.07) is 15.2. The average molecular weight is 336 g/mol. The van der Waals surface area contributed by atoms with Crippen molar-refractivity contribution in [2.45, 2.75) is 14.7 Å². The molecule has 0 nitrogen and oxygen atoms in total. The summed E-state index contributed by atoms with van der Waals surface area (Å²) in [4.78, 5) is 1.08. The fourth-order valence-corrected chi connectivity index (χ4v) is 4.60. The van der Waals surface area contributed by atoms with Crippen LogP contribution in [0.3, 0.4) is 0 Å². The van der Waals surface area contributed by atoms with Gasteiger partial charge >= 0.3 is 0 Å². The molecule has 3 aromatic carbocycles. The van der Waals surface area contributed by atoms with Crippen molar-refractivity contribution in [3.8, 4) is 0 Å². The minimum absolute atomic E-state index is 0.193. The first kappa shape index (κ1) is 15.6. The van der Waals surface area contributed by atoms with Gasteiger partial charge in [0.2, 0.25) is 0 Å². The number of rotatable bonds is 3. The predicted octanol–water partition coefficient (Wildman–Crippen LogP) is 5.72. The van der Waals surface area contributed by atoms with Crippen molar-refractivity contribution in [3.05, 3.63) is 90.0 Å². The summed E-state index contributed by atoms with van der Waals surface area (Å²) in [5.41, 5.74) is 0. The zero-order valence-electron chi connectivity index (χ0n) is 11.8. The maximum Gasteiger partial charge on any atom is 0.138 e. The molecular formula is C18H12F4S. The van der Waals surface area contributed by atoms with Gasteiger partial charge in [-0.25, -0.2) is 17.6 Å². The summed E-state index contributed by atoms with van der Waals surface area (Å²) in [5.74, 6) is -2.89. The Balaban J connectivity index is 2.22. The molecule has 0 aliphatic heterocycles.